The highest BCUT2D eigenvalue weighted by atomic mass is 16.5. The average molecular weight is 305 g/mol. The van der Waals surface area contributed by atoms with Crippen molar-refractivity contribution in [1.82, 2.24) is 20.2 Å². The third-order valence-corrected chi connectivity index (χ3v) is 4.31. The maximum Gasteiger partial charge on any atom is 0.317 e. The van der Waals surface area contributed by atoms with Crippen molar-refractivity contribution in [3.8, 4) is 0 Å². The standard InChI is InChI=1S/C15H23N5O2/c1-12(13-3-2-10-22-13)18-15(21)20-8-6-19(7-9-20)14-11-16-4-5-17-14/h4-5,11-13H,2-3,6-10H2,1H3,(H,18,21)/t12-,13+/m1/s1. The molecule has 120 valence electrons. The Morgan fingerprint density at radius 2 is 2.18 bits per heavy atom. The molecule has 1 aromatic rings. The van der Waals surface area contributed by atoms with Gasteiger partial charge >= 0.3 is 6.03 Å². The van der Waals surface area contributed by atoms with Crippen molar-refractivity contribution in [2.24, 2.45) is 0 Å². The van der Waals surface area contributed by atoms with E-state index in [0.29, 0.717) is 13.1 Å². The molecule has 22 heavy (non-hydrogen) atoms. The van der Waals surface area contributed by atoms with Crippen molar-refractivity contribution >= 4 is 11.8 Å². The van der Waals surface area contributed by atoms with Crippen LogP contribution >= 0.6 is 0 Å². The van der Waals surface area contributed by atoms with Crippen LogP contribution in [0.2, 0.25) is 0 Å². The van der Waals surface area contributed by atoms with Gasteiger partial charge in [-0.2, -0.15) is 0 Å². The lowest BCUT2D eigenvalue weighted by Crippen LogP contribution is -2.54. The van der Waals surface area contributed by atoms with Crippen LogP contribution in [0, 0.1) is 0 Å². The SMILES string of the molecule is C[C@@H](NC(=O)N1CCN(c2cnccn2)CC1)[C@@H]1CCCO1. The number of piperazine rings is 1. The number of aromatic nitrogens is 2. The summed E-state index contributed by atoms with van der Waals surface area (Å²) < 4.78 is 5.62. The topological polar surface area (TPSA) is 70.6 Å². The highest BCUT2D eigenvalue weighted by molar-refractivity contribution is 5.75. The van der Waals surface area contributed by atoms with E-state index in [1.807, 2.05) is 11.8 Å². The van der Waals surface area contributed by atoms with Crippen LogP contribution in [0.15, 0.2) is 18.6 Å². The van der Waals surface area contributed by atoms with Crippen molar-refractivity contribution in [3.05, 3.63) is 18.6 Å². The Hall–Kier alpha value is -1.89. The molecule has 2 saturated heterocycles. The molecule has 3 rings (SSSR count). The van der Waals surface area contributed by atoms with Gasteiger partial charge < -0.3 is 19.9 Å². The van der Waals surface area contributed by atoms with Gasteiger partial charge in [0.25, 0.3) is 0 Å². The number of nitrogens with one attached hydrogen (secondary N) is 1. The fourth-order valence-electron chi connectivity index (χ4n) is 2.97. The van der Waals surface area contributed by atoms with Crippen molar-refractivity contribution < 1.29 is 9.53 Å². The molecule has 0 aromatic carbocycles. The first-order chi connectivity index (χ1) is 10.7. The van der Waals surface area contributed by atoms with E-state index in [1.54, 1.807) is 18.6 Å². The second kappa shape index (κ2) is 6.91. The summed E-state index contributed by atoms with van der Waals surface area (Å²) in [6.07, 6.45) is 7.39. The van der Waals surface area contributed by atoms with Gasteiger partial charge in [0, 0.05) is 45.2 Å². The molecule has 7 heteroatoms. The molecule has 0 saturated carbocycles. The number of urea groups is 1. The van der Waals surface area contributed by atoms with Gasteiger partial charge in [0.05, 0.1) is 18.3 Å². The number of carbonyl (C=O) groups excluding carboxylic acids is 1. The zero-order chi connectivity index (χ0) is 15.4. The lowest BCUT2D eigenvalue weighted by Gasteiger charge is -2.36. The number of carbonyl (C=O) groups is 1. The summed E-state index contributed by atoms with van der Waals surface area (Å²) in [7, 11) is 0. The van der Waals surface area contributed by atoms with Gasteiger partial charge in [-0.1, -0.05) is 0 Å². The van der Waals surface area contributed by atoms with Crippen molar-refractivity contribution in [2.45, 2.75) is 31.9 Å². The quantitative estimate of drug-likeness (QED) is 0.897. The molecule has 0 unspecified atom stereocenters. The molecule has 0 radical (unpaired) electrons. The van der Waals surface area contributed by atoms with E-state index in [1.165, 1.54) is 0 Å². The van der Waals surface area contributed by atoms with Gasteiger partial charge in [-0.3, -0.25) is 4.98 Å². The third-order valence-electron chi connectivity index (χ3n) is 4.31. The minimum atomic E-state index is 0.00166. The second-order valence-corrected chi connectivity index (χ2v) is 5.83. The Kier molecular flexibility index (Phi) is 4.72. The first-order valence-electron chi connectivity index (χ1n) is 7.92. The third kappa shape index (κ3) is 3.47. The number of ether oxygens (including phenoxy) is 1. The molecule has 2 atom stereocenters. The zero-order valence-electron chi connectivity index (χ0n) is 12.9. The van der Waals surface area contributed by atoms with Gasteiger partial charge in [0.2, 0.25) is 0 Å². The summed E-state index contributed by atoms with van der Waals surface area (Å²) in [4.78, 5) is 24.7. The van der Waals surface area contributed by atoms with Gasteiger partial charge in [-0.05, 0) is 19.8 Å². The highest BCUT2D eigenvalue weighted by Crippen LogP contribution is 2.16. The van der Waals surface area contributed by atoms with Crippen LogP contribution in [0.1, 0.15) is 19.8 Å². The first-order valence-corrected chi connectivity index (χ1v) is 7.92. The number of amides is 2. The largest absolute Gasteiger partial charge is 0.376 e. The fourth-order valence-corrected chi connectivity index (χ4v) is 2.97. The van der Waals surface area contributed by atoms with Crippen molar-refractivity contribution in [2.75, 3.05) is 37.7 Å². The zero-order valence-corrected chi connectivity index (χ0v) is 12.9. The van der Waals surface area contributed by atoms with E-state index in [2.05, 4.69) is 20.2 Å². The number of hydrogen-bond donors (Lipinski definition) is 1. The van der Waals surface area contributed by atoms with Crippen LogP contribution in [-0.2, 0) is 4.74 Å². The van der Waals surface area contributed by atoms with E-state index in [9.17, 15) is 4.79 Å². The molecule has 0 aliphatic carbocycles. The van der Waals surface area contributed by atoms with E-state index in [0.717, 1.165) is 38.4 Å². The molecular weight excluding hydrogens is 282 g/mol. The summed E-state index contributed by atoms with van der Waals surface area (Å²) in [5, 5.41) is 3.06. The normalized spacial score (nSPS) is 23.4. The van der Waals surface area contributed by atoms with Gasteiger partial charge in [-0.25, -0.2) is 9.78 Å². The molecule has 7 nitrogen and oxygen atoms in total. The summed E-state index contributed by atoms with van der Waals surface area (Å²) >= 11 is 0. The van der Waals surface area contributed by atoms with Crippen LogP contribution in [0.4, 0.5) is 10.6 Å². The minimum Gasteiger partial charge on any atom is -0.376 e. The summed E-state index contributed by atoms with van der Waals surface area (Å²) in [5.41, 5.74) is 0. The van der Waals surface area contributed by atoms with E-state index < -0.39 is 0 Å². The molecule has 0 spiro atoms. The van der Waals surface area contributed by atoms with Gasteiger partial charge in [0.1, 0.15) is 5.82 Å². The number of hydrogen-bond acceptors (Lipinski definition) is 5. The Bertz CT molecular complexity index is 484. The molecule has 1 N–H and O–H groups in total. The maximum atomic E-state index is 12.3. The van der Waals surface area contributed by atoms with Crippen LogP contribution in [0.25, 0.3) is 0 Å². The molecule has 0 bridgehead atoms. The van der Waals surface area contributed by atoms with Crippen LogP contribution in [0.3, 0.4) is 0 Å². The smallest absolute Gasteiger partial charge is 0.317 e. The van der Waals surface area contributed by atoms with Crippen LogP contribution < -0.4 is 10.2 Å². The number of nitrogens with zero attached hydrogens (tertiary/aromatic N) is 4. The number of anilines is 1. The van der Waals surface area contributed by atoms with E-state index >= 15 is 0 Å². The Morgan fingerprint density at radius 3 is 2.82 bits per heavy atom. The molecule has 1 aromatic heterocycles. The Balaban J connectivity index is 1.47. The van der Waals surface area contributed by atoms with Crippen molar-refractivity contribution in [3.63, 3.8) is 0 Å². The monoisotopic (exact) mass is 305 g/mol. The Morgan fingerprint density at radius 1 is 1.36 bits per heavy atom. The maximum absolute atomic E-state index is 12.3. The minimum absolute atomic E-state index is 0.00166. The molecular formula is C15H23N5O2. The Labute approximate surface area is 130 Å². The van der Waals surface area contributed by atoms with Crippen molar-refractivity contribution in [1.29, 1.82) is 0 Å². The highest BCUT2D eigenvalue weighted by Gasteiger charge is 2.27. The summed E-state index contributed by atoms with van der Waals surface area (Å²) in [5.74, 6) is 0.871. The lowest BCUT2D eigenvalue weighted by atomic mass is 10.1. The molecule has 2 amide bonds. The second-order valence-electron chi connectivity index (χ2n) is 5.83. The predicted octanol–water partition coefficient (Wildman–Crippen LogP) is 0.876. The lowest BCUT2D eigenvalue weighted by molar-refractivity contribution is 0.0831. The first kappa shape index (κ1) is 15.0. The summed E-state index contributed by atoms with van der Waals surface area (Å²) in [6.45, 7) is 5.77. The number of rotatable bonds is 3. The molecule has 2 aliphatic heterocycles. The van der Waals surface area contributed by atoms with Gasteiger partial charge in [-0.15, -0.1) is 0 Å². The van der Waals surface area contributed by atoms with Crippen LogP contribution in [-0.4, -0.2) is 65.8 Å². The fraction of sp³-hybridized carbons (Fsp3) is 0.667. The average Bonchev–Trinajstić information content (AvgIpc) is 3.10. The molecule has 3 heterocycles. The summed E-state index contributed by atoms with van der Waals surface area (Å²) in [6, 6.07) is 0.0646. The predicted molar refractivity (Wildman–Crippen MR) is 82.8 cm³/mol. The molecule has 2 aliphatic rings. The van der Waals surface area contributed by atoms with E-state index in [4.69, 9.17) is 4.74 Å². The van der Waals surface area contributed by atoms with E-state index in [-0.39, 0.29) is 18.2 Å². The molecule has 2 fully saturated rings. The van der Waals surface area contributed by atoms with Gasteiger partial charge in [0.15, 0.2) is 0 Å². The van der Waals surface area contributed by atoms with Crippen LogP contribution in [0.5, 0.6) is 0 Å².